The van der Waals surface area contributed by atoms with Crippen molar-refractivity contribution in [2.45, 2.75) is 160 Å². The van der Waals surface area contributed by atoms with Crippen LogP contribution in [-0.4, -0.2) is 122 Å². The van der Waals surface area contributed by atoms with Crippen molar-refractivity contribution in [3.8, 4) is 0 Å². The smallest absolute Gasteiger partial charge is 0.410 e. The van der Waals surface area contributed by atoms with Crippen LogP contribution in [-0.2, 0) is 19.0 Å². The highest BCUT2D eigenvalue weighted by Gasteiger charge is 2.47. The second-order valence-corrected chi connectivity index (χ2v) is 15.8. The number of nitrogens with zero attached hydrogens (tertiary/aromatic N) is 2. The molecule has 0 radical (unpaired) electrons. The van der Waals surface area contributed by atoms with Gasteiger partial charge in [0.15, 0.2) is 6.10 Å². The number of cyclic esters (lactones) is 1. The number of piperazine rings is 1. The molecule has 1 amide bonds. The Balaban J connectivity index is 1.42. The van der Waals surface area contributed by atoms with Crippen LogP contribution in [0.25, 0.3) is 0 Å². The lowest BCUT2D eigenvalue weighted by atomic mass is 9.88. The summed E-state index contributed by atoms with van der Waals surface area (Å²) in [6.07, 6.45) is 12.1. The molecule has 3 heterocycles. The number of allylic oxidation sites excluding steroid dienone is 2. The van der Waals surface area contributed by atoms with Gasteiger partial charge in [0.25, 0.3) is 0 Å². The molecule has 2 saturated heterocycles. The Labute approximate surface area is 299 Å². The molecule has 4 rings (SSSR count). The Kier molecular flexibility index (Phi) is 14.6. The highest BCUT2D eigenvalue weighted by Crippen LogP contribution is 2.37. The van der Waals surface area contributed by atoms with Gasteiger partial charge in [0.2, 0.25) is 0 Å². The monoisotopic (exact) mass is 704 g/mol. The van der Waals surface area contributed by atoms with Gasteiger partial charge in [0.05, 0.1) is 36.4 Å². The summed E-state index contributed by atoms with van der Waals surface area (Å²) in [5, 5.41) is 43.4. The molecule has 0 bridgehead atoms. The Morgan fingerprint density at radius 3 is 2.50 bits per heavy atom. The molecule has 50 heavy (non-hydrogen) atoms. The Morgan fingerprint density at radius 2 is 1.84 bits per heavy atom. The van der Waals surface area contributed by atoms with Gasteiger partial charge in [0.1, 0.15) is 11.7 Å². The summed E-state index contributed by atoms with van der Waals surface area (Å²) in [5.41, 5.74) is -1.92. The van der Waals surface area contributed by atoms with Crippen molar-refractivity contribution in [3.63, 3.8) is 0 Å². The van der Waals surface area contributed by atoms with Crippen molar-refractivity contribution < 1.29 is 44.2 Å². The summed E-state index contributed by atoms with van der Waals surface area (Å²) in [7, 11) is 0. The Hall–Kier alpha value is -2.28. The fourth-order valence-corrected chi connectivity index (χ4v) is 7.70. The van der Waals surface area contributed by atoms with Crippen molar-refractivity contribution in [1.29, 1.82) is 0 Å². The minimum Gasteiger partial charge on any atom is -0.457 e. The Morgan fingerprint density at radius 1 is 1.16 bits per heavy atom. The van der Waals surface area contributed by atoms with E-state index in [0.717, 1.165) is 13.1 Å². The van der Waals surface area contributed by atoms with Crippen LogP contribution < -0.4 is 0 Å². The van der Waals surface area contributed by atoms with Crippen molar-refractivity contribution in [3.05, 3.63) is 36.0 Å². The van der Waals surface area contributed by atoms with E-state index in [-0.39, 0.29) is 43.3 Å². The van der Waals surface area contributed by atoms with Gasteiger partial charge >= 0.3 is 12.1 Å². The number of hydrogen-bond acceptors (Lipinski definition) is 10. The average Bonchev–Trinajstić information content (AvgIpc) is 3.84. The molecule has 10 unspecified atom stereocenters. The lowest BCUT2D eigenvalue weighted by Gasteiger charge is -2.41. The van der Waals surface area contributed by atoms with Crippen LogP contribution in [0.2, 0.25) is 0 Å². The van der Waals surface area contributed by atoms with Crippen LogP contribution in [0.5, 0.6) is 0 Å². The first kappa shape index (κ1) is 40.5. The van der Waals surface area contributed by atoms with Crippen molar-refractivity contribution in [2.75, 3.05) is 26.2 Å². The van der Waals surface area contributed by atoms with Gasteiger partial charge in [-0.3, -0.25) is 9.69 Å². The molecule has 10 atom stereocenters. The number of esters is 1. The van der Waals surface area contributed by atoms with E-state index < -0.39 is 47.7 Å². The molecule has 11 nitrogen and oxygen atoms in total. The second-order valence-electron chi connectivity index (χ2n) is 15.8. The number of carbonyl (C=O) groups is 2. The molecule has 0 aromatic carbocycles. The number of rotatable bonds is 10. The molecule has 3 aliphatic heterocycles. The molecule has 0 spiro atoms. The molecule has 0 aromatic rings. The van der Waals surface area contributed by atoms with E-state index in [4.69, 9.17) is 14.2 Å². The first-order valence-corrected chi connectivity index (χ1v) is 19.0. The summed E-state index contributed by atoms with van der Waals surface area (Å²) >= 11 is 0. The van der Waals surface area contributed by atoms with Gasteiger partial charge in [-0.2, -0.15) is 0 Å². The molecular weight excluding hydrogens is 640 g/mol. The van der Waals surface area contributed by atoms with E-state index in [0.29, 0.717) is 37.5 Å². The summed E-state index contributed by atoms with van der Waals surface area (Å²) < 4.78 is 17.6. The summed E-state index contributed by atoms with van der Waals surface area (Å²) in [6.45, 7) is 13.7. The normalized spacial score (nSPS) is 35.7. The lowest BCUT2D eigenvalue weighted by Crippen LogP contribution is -2.53. The van der Waals surface area contributed by atoms with Crippen LogP contribution in [0, 0.1) is 11.8 Å². The van der Waals surface area contributed by atoms with Gasteiger partial charge in [-0.15, -0.1) is 0 Å². The first-order valence-electron chi connectivity index (χ1n) is 19.0. The number of ether oxygens (including phenoxy) is 3. The third kappa shape index (κ3) is 11.6. The van der Waals surface area contributed by atoms with Crippen LogP contribution in [0.15, 0.2) is 36.0 Å². The topological polar surface area (TPSA) is 153 Å². The van der Waals surface area contributed by atoms with E-state index in [1.165, 1.54) is 32.1 Å². The number of amides is 1. The fourth-order valence-electron chi connectivity index (χ4n) is 7.70. The summed E-state index contributed by atoms with van der Waals surface area (Å²) in [5.74, 6) is -0.935. The highest BCUT2D eigenvalue weighted by atomic mass is 16.6. The minimum absolute atomic E-state index is 0.00994. The molecule has 3 fully saturated rings. The molecular formula is C39H64N2O9. The molecule has 1 aliphatic carbocycles. The van der Waals surface area contributed by atoms with Crippen molar-refractivity contribution in [1.82, 2.24) is 9.80 Å². The number of carbonyl (C=O) groups excluding carboxylic acids is 2. The third-order valence-corrected chi connectivity index (χ3v) is 11.3. The molecule has 284 valence electrons. The van der Waals surface area contributed by atoms with Gasteiger partial charge < -0.3 is 39.5 Å². The predicted molar refractivity (Wildman–Crippen MR) is 191 cm³/mol. The molecule has 1 saturated carbocycles. The average molecular weight is 705 g/mol. The fraction of sp³-hybridized carbons (Fsp3) is 0.795. The summed E-state index contributed by atoms with van der Waals surface area (Å²) in [4.78, 5) is 30.5. The first-order chi connectivity index (χ1) is 23.6. The van der Waals surface area contributed by atoms with E-state index in [1.807, 2.05) is 27.7 Å². The number of hydrogen-bond donors (Lipinski definition) is 4. The third-order valence-electron chi connectivity index (χ3n) is 11.3. The van der Waals surface area contributed by atoms with Crippen LogP contribution >= 0.6 is 0 Å². The number of aliphatic hydroxyl groups is 4. The maximum atomic E-state index is 13.4. The van der Waals surface area contributed by atoms with Gasteiger partial charge in [-0.25, -0.2) is 4.79 Å². The molecule has 11 heteroatoms. The van der Waals surface area contributed by atoms with E-state index in [2.05, 4.69) is 4.90 Å². The summed E-state index contributed by atoms with van der Waals surface area (Å²) in [6, 6.07) is 0.591. The van der Waals surface area contributed by atoms with E-state index in [1.54, 1.807) is 49.1 Å². The van der Waals surface area contributed by atoms with E-state index >= 15 is 0 Å². The van der Waals surface area contributed by atoms with E-state index in [9.17, 15) is 30.0 Å². The quantitative estimate of drug-likeness (QED) is 0.109. The second kappa shape index (κ2) is 18.0. The number of epoxide rings is 1. The van der Waals surface area contributed by atoms with Crippen molar-refractivity contribution >= 4 is 12.1 Å². The maximum absolute atomic E-state index is 13.4. The largest absolute Gasteiger partial charge is 0.457 e. The standard InChI is InChI=1S/C39H64N2O9/c1-7-31(43)28(4)36-32(48-36)25-38(5,46)18-11-12-26(2)35-27(3)15-16-33(39(6,47)19-17-30(42)24-34(44)50-35)49-37(45)41-22-20-40(21-23-41)29-13-9-8-10-14-29/h11-12,15-16,18,27-33,35-36,42-43,46-47H,7-10,13-14,17,19-25H2,1-6H3/b16-15-,18-11+,26-12+. The van der Waals surface area contributed by atoms with Crippen LogP contribution in [0.1, 0.15) is 106 Å². The zero-order chi connectivity index (χ0) is 36.6. The highest BCUT2D eigenvalue weighted by molar-refractivity contribution is 5.70. The molecule has 4 N–H and O–H groups in total. The molecule has 4 aliphatic rings. The van der Waals surface area contributed by atoms with Gasteiger partial charge in [-0.05, 0) is 64.5 Å². The SMILES string of the molecule is CCC(O)C(C)C1OC1CC(C)(O)/C=C/C=C(\C)C1OC(=O)CC(O)CCC(C)(O)C(OC(=O)N2CCN(C3CCCCC3)CC2)/C=C\C1C. The zero-order valence-electron chi connectivity index (χ0n) is 31.2. The Bertz CT molecular complexity index is 1200. The van der Waals surface area contributed by atoms with Crippen LogP contribution in [0.3, 0.4) is 0 Å². The van der Waals surface area contributed by atoms with Gasteiger partial charge in [-0.1, -0.05) is 64.3 Å². The lowest BCUT2D eigenvalue weighted by molar-refractivity contribution is -0.151. The van der Waals surface area contributed by atoms with Crippen molar-refractivity contribution in [2.24, 2.45) is 11.8 Å². The zero-order valence-corrected chi connectivity index (χ0v) is 31.2. The maximum Gasteiger partial charge on any atom is 0.410 e. The predicted octanol–water partition coefficient (Wildman–Crippen LogP) is 4.66. The van der Waals surface area contributed by atoms with Crippen LogP contribution in [0.4, 0.5) is 4.79 Å². The molecule has 0 aromatic heterocycles. The number of aliphatic hydroxyl groups excluding tert-OH is 2. The van der Waals surface area contributed by atoms with Gasteiger partial charge in [0, 0.05) is 50.5 Å². The minimum atomic E-state index is -1.48.